The number of likely N-dealkylation sites (tertiary alicyclic amines) is 1. The molecule has 1 aliphatic heterocycles. The number of hydrogen-bond acceptors (Lipinski definition) is 3. The summed E-state index contributed by atoms with van der Waals surface area (Å²) in [6, 6.07) is 5.59. The highest BCUT2D eigenvalue weighted by molar-refractivity contribution is 6.31. The monoisotopic (exact) mass is 267 g/mol. The topological polar surface area (TPSA) is 41.3 Å². The summed E-state index contributed by atoms with van der Waals surface area (Å²) in [5.74, 6) is 0.890. The molecule has 1 fully saturated rings. The van der Waals surface area contributed by atoms with Crippen molar-refractivity contribution >= 4 is 23.0 Å². The van der Waals surface area contributed by atoms with E-state index < -0.39 is 0 Å². The van der Waals surface area contributed by atoms with Crippen LogP contribution in [0.15, 0.2) is 18.2 Å². The maximum atomic E-state index is 5.90. The number of rotatable bonds is 4. The van der Waals surface area contributed by atoms with Gasteiger partial charge in [0.1, 0.15) is 0 Å². The standard InChI is InChI=1S/C14H22ClN3/c1-11-4-7-18(8-5-11)9-6-17-14-3-2-12(15)10-13(14)16/h2-3,10-11,17H,4-9,16H2,1H3. The van der Waals surface area contributed by atoms with E-state index in [1.54, 1.807) is 6.07 Å². The van der Waals surface area contributed by atoms with Crippen LogP contribution < -0.4 is 11.1 Å². The molecule has 1 aromatic rings. The zero-order chi connectivity index (χ0) is 13.0. The number of benzene rings is 1. The predicted molar refractivity (Wildman–Crippen MR) is 79.2 cm³/mol. The smallest absolute Gasteiger partial charge is 0.0575 e. The van der Waals surface area contributed by atoms with Gasteiger partial charge < -0.3 is 16.0 Å². The van der Waals surface area contributed by atoms with Crippen LogP contribution in [0.3, 0.4) is 0 Å². The molecule has 18 heavy (non-hydrogen) atoms. The molecule has 1 aliphatic rings. The van der Waals surface area contributed by atoms with Gasteiger partial charge in [-0.15, -0.1) is 0 Å². The summed E-state index contributed by atoms with van der Waals surface area (Å²) < 4.78 is 0. The molecule has 0 aliphatic carbocycles. The van der Waals surface area contributed by atoms with E-state index in [2.05, 4.69) is 17.1 Å². The van der Waals surface area contributed by atoms with Crippen molar-refractivity contribution in [2.75, 3.05) is 37.2 Å². The van der Waals surface area contributed by atoms with Crippen molar-refractivity contribution in [1.29, 1.82) is 0 Å². The molecule has 1 saturated heterocycles. The highest BCUT2D eigenvalue weighted by atomic mass is 35.5. The number of halogens is 1. The van der Waals surface area contributed by atoms with Crippen LogP contribution in [0.5, 0.6) is 0 Å². The normalized spacial score (nSPS) is 17.9. The Balaban J connectivity index is 1.75. The van der Waals surface area contributed by atoms with Crippen LogP contribution in [0.1, 0.15) is 19.8 Å². The lowest BCUT2D eigenvalue weighted by atomic mass is 9.99. The summed E-state index contributed by atoms with van der Waals surface area (Å²) in [5.41, 5.74) is 7.59. The Morgan fingerprint density at radius 3 is 2.78 bits per heavy atom. The molecule has 0 aromatic heterocycles. The molecule has 100 valence electrons. The van der Waals surface area contributed by atoms with Crippen LogP contribution in [-0.2, 0) is 0 Å². The second kappa shape index (κ2) is 6.30. The van der Waals surface area contributed by atoms with E-state index in [9.17, 15) is 0 Å². The highest BCUT2D eigenvalue weighted by Crippen LogP contribution is 2.22. The summed E-state index contributed by atoms with van der Waals surface area (Å²) in [5, 5.41) is 4.06. The number of nitrogens with one attached hydrogen (secondary N) is 1. The molecule has 4 heteroatoms. The first-order chi connectivity index (χ1) is 8.65. The molecule has 0 spiro atoms. The van der Waals surface area contributed by atoms with Crippen LogP contribution in [0, 0.1) is 5.92 Å². The summed E-state index contributed by atoms with van der Waals surface area (Å²) in [7, 11) is 0. The van der Waals surface area contributed by atoms with Crippen molar-refractivity contribution in [3.8, 4) is 0 Å². The Morgan fingerprint density at radius 2 is 2.11 bits per heavy atom. The van der Waals surface area contributed by atoms with Gasteiger partial charge >= 0.3 is 0 Å². The van der Waals surface area contributed by atoms with Gasteiger partial charge in [-0.05, 0) is 50.0 Å². The van der Waals surface area contributed by atoms with E-state index in [4.69, 9.17) is 17.3 Å². The van der Waals surface area contributed by atoms with Gasteiger partial charge in [-0.2, -0.15) is 0 Å². The van der Waals surface area contributed by atoms with E-state index in [-0.39, 0.29) is 0 Å². The first-order valence-corrected chi connectivity index (χ1v) is 7.04. The zero-order valence-electron chi connectivity index (χ0n) is 11.0. The zero-order valence-corrected chi connectivity index (χ0v) is 11.7. The van der Waals surface area contributed by atoms with Crippen LogP contribution in [0.4, 0.5) is 11.4 Å². The molecule has 2 rings (SSSR count). The SMILES string of the molecule is CC1CCN(CCNc2ccc(Cl)cc2N)CC1. The second-order valence-corrected chi connectivity index (χ2v) is 5.62. The summed E-state index contributed by atoms with van der Waals surface area (Å²) in [6.45, 7) is 6.79. The molecule has 0 unspecified atom stereocenters. The van der Waals surface area contributed by atoms with Gasteiger partial charge in [0.2, 0.25) is 0 Å². The minimum Gasteiger partial charge on any atom is -0.397 e. The van der Waals surface area contributed by atoms with Gasteiger partial charge in [0.15, 0.2) is 0 Å². The number of nitrogen functional groups attached to an aromatic ring is 1. The Labute approximate surface area is 114 Å². The number of piperidine rings is 1. The quantitative estimate of drug-likeness (QED) is 0.824. The first-order valence-electron chi connectivity index (χ1n) is 6.66. The fourth-order valence-corrected chi connectivity index (χ4v) is 2.51. The predicted octanol–water partition coefficient (Wildman–Crippen LogP) is 3.07. The largest absolute Gasteiger partial charge is 0.397 e. The summed E-state index contributed by atoms with van der Waals surface area (Å²) in [6.07, 6.45) is 2.65. The van der Waals surface area contributed by atoms with Gasteiger partial charge in [0, 0.05) is 18.1 Å². The molecule has 3 nitrogen and oxygen atoms in total. The Bertz CT molecular complexity index is 387. The maximum Gasteiger partial charge on any atom is 0.0575 e. The van der Waals surface area contributed by atoms with E-state index in [0.29, 0.717) is 5.02 Å². The van der Waals surface area contributed by atoms with Gasteiger partial charge in [-0.25, -0.2) is 0 Å². The number of nitrogens with two attached hydrogens (primary N) is 1. The molecule has 1 heterocycles. The van der Waals surface area contributed by atoms with Crippen LogP contribution in [-0.4, -0.2) is 31.1 Å². The van der Waals surface area contributed by atoms with Gasteiger partial charge in [-0.1, -0.05) is 18.5 Å². The first kappa shape index (κ1) is 13.5. The number of hydrogen-bond donors (Lipinski definition) is 2. The van der Waals surface area contributed by atoms with Crippen LogP contribution in [0.2, 0.25) is 5.02 Å². The van der Waals surface area contributed by atoms with Gasteiger partial charge in [-0.3, -0.25) is 0 Å². The van der Waals surface area contributed by atoms with Crippen LogP contribution in [0.25, 0.3) is 0 Å². The average Bonchev–Trinajstić information content (AvgIpc) is 2.34. The van der Waals surface area contributed by atoms with Crippen molar-refractivity contribution in [3.63, 3.8) is 0 Å². The molecular weight excluding hydrogens is 246 g/mol. The minimum absolute atomic E-state index is 0.683. The number of anilines is 2. The highest BCUT2D eigenvalue weighted by Gasteiger charge is 2.14. The molecular formula is C14H22ClN3. The minimum atomic E-state index is 0.683. The molecule has 0 bridgehead atoms. The third kappa shape index (κ3) is 3.79. The molecule has 0 atom stereocenters. The lowest BCUT2D eigenvalue weighted by molar-refractivity contribution is 0.199. The fourth-order valence-electron chi connectivity index (χ4n) is 2.33. The molecule has 0 radical (unpaired) electrons. The van der Waals surface area contributed by atoms with Crippen LogP contribution >= 0.6 is 11.6 Å². The number of nitrogens with zero attached hydrogens (tertiary/aromatic N) is 1. The maximum absolute atomic E-state index is 5.90. The van der Waals surface area contributed by atoms with Crippen molar-refractivity contribution in [1.82, 2.24) is 4.90 Å². The molecule has 3 N–H and O–H groups in total. The van der Waals surface area contributed by atoms with Crippen molar-refractivity contribution in [2.24, 2.45) is 5.92 Å². The van der Waals surface area contributed by atoms with E-state index in [0.717, 1.165) is 30.4 Å². The fraction of sp³-hybridized carbons (Fsp3) is 0.571. The van der Waals surface area contributed by atoms with Gasteiger partial charge in [0.05, 0.1) is 11.4 Å². The Morgan fingerprint density at radius 1 is 1.39 bits per heavy atom. The van der Waals surface area contributed by atoms with E-state index in [1.807, 2.05) is 12.1 Å². The third-order valence-corrected chi connectivity index (χ3v) is 3.87. The van der Waals surface area contributed by atoms with Crippen molar-refractivity contribution in [3.05, 3.63) is 23.2 Å². The summed E-state index contributed by atoms with van der Waals surface area (Å²) in [4.78, 5) is 2.51. The Kier molecular flexibility index (Phi) is 4.72. The summed E-state index contributed by atoms with van der Waals surface area (Å²) >= 11 is 5.87. The average molecular weight is 268 g/mol. The molecule has 0 amide bonds. The third-order valence-electron chi connectivity index (χ3n) is 3.63. The van der Waals surface area contributed by atoms with E-state index in [1.165, 1.54) is 25.9 Å². The lowest BCUT2D eigenvalue weighted by Crippen LogP contribution is -2.36. The molecule has 1 aromatic carbocycles. The Hall–Kier alpha value is -0.930. The van der Waals surface area contributed by atoms with Gasteiger partial charge in [0.25, 0.3) is 0 Å². The van der Waals surface area contributed by atoms with Crippen molar-refractivity contribution in [2.45, 2.75) is 19.8 Å². The lowest BCUT2D eigenvalue weighted by Gasteiger charge is -2.30. The molecule has 0 saturated carbocycles. The van der Waals surface area contributed by atoms with E-state index >= 15 is 0 Å². The second-order valence-electron chi connectivity index (χ2n) is 5.18. The van der Waals surface area contributed by atoms with Crippen molar-refractivity contribution < 1.29 is 0 Å².